The van der Waals surface area contributed by atoms with Gasteiger partial charge in [-0.25, -0.2) is 0 Å². The van der Waals surface area contributed by atoms with Crippen molar-refractivity contribution in [3.05, 3.63) is 80.4 Å². The number of ketones is 1. The van der Waals surface area contributed by atoms with E-state index in [0.717, 1.165) is 16.7 Å². The molecule has 0 heterocycles. The van der Waals surface area contributed by atoms with Crippen molar-refractivity contribution in [2.75, 3.05) is 34.7 Å². The second-order valence-corrected chi connectivity index (χ2v) is 8.09. The van der Waals surface area contributed by atoms with Crippen molar-refractivity contribution in [3.63, 3.8) is 0 Å². The Morgan fingerprint density at radius 2 is 1.74 bits per heavy atom. The maximum absolute atomic E-state index is 13.5. The number of hydrogen-bond acceptors (Lipinski definition) is 7. The number of allylic oxidation sites excluding steroid dienone is 3. The molecular weight excluding hydrogens is 450 g/mol. The minimum Gasteiger partial charge on any atom is -0.496 e. The number of non-ortho nitro benzene ring substituents is 1. The Bertz CT molecular complexity index is 1070. The molecule has 0 N–H and O–H groups in total. The third-order valence-electron chi connectivity index (χ3n) is 5.29. The molecule has 2 aromatic carbocycles. The van der Waals surface area contributed by atoms with Crippen LogP contribution in [0.2, 0.25) is 0 Å². The van der Waals surface area contributed by atoms with Gasteiger partial charge in [0.2, 0.25) is 0 Å². The Morgan fingerprint density at radius 1 is 1.03 bits per heavy atom. The van der Waals surface area contributed by atoms with Crippen LogP contribution in [0, 0.1) is 10.1 Å². The summed E-state index contributed by atoms with van der Waals surface area (Å²) in [6.45, 7) is 4.64. The molecule has 8 heteroatoms. The van der Waals surface area contributed by atoms with Crippen LogP contribution in [0.15, 0.2) is 48.1 Å². The summed E-state index contributed by atoms with van der Waals surface area (Å²) in [6, 6.07) is 7.72. The Kier molecular flexibility index (Phi) is 11.1. The maximum Gasteiger partial charge on any atom is 0.269 e. The number of rotatable bonds is 14. The van der Waals surface area contributed by atoms with Crippen LogP contribution in [0.1, 0.15) is 47.3 Å². The Labute approximate surface area is 206 Å². The molecule has 0 aliphatic rings. The minimum absolute atomic E-state index is 0.00821. The highest BCUT2D eigenvalue weighted by atomic mass is 16.7. The average Bonchev–Trinajstić information content (AvgIpc) is 2.84. The smallest absolute Gasteiger partial charge is 0.269 e. The summed E-state index contributed by atoms with van der Waals surface area (Å²) in [7, 11) is 4.70. The molecule has 0 atom stereocenters. The molecule has 2 rings (SSSR count). The second kappa shape index (κ2) is 14.0. The second-order valence-electron chi connectivity index (χ2n) is 8.09. The van der Waals surface area contributed by atoms with Crippen molar-refractivity contribution in [1.82, 2.24) is 0 Å². The van der Waals surface area contributed by atoms with Gasteiger partial charge in [-0.05, 0) is 62.4 Å². The molecule has 0 aliphatic carbocycles. The summed E-state index contributed by atoms with van der Waals surface area (Å²) in [5.41, 5.74) is 4.01. The first kappa shape index (κ1) is 27.8. The van der Waals surface area contributed by atoms with E-state index in [0.29, 0.717) is 48.5 Å². The van der Waals surface area contributed by atoms with Crippen molar-refractivity contribution in [2.45, 2.75) is 33.1 Å². The van der Waals surface area contributed by atoms with E-state index in [1.54, 1.807) is 38.5 Å². The molecule has 0 aliphatic heterocycles. The van der Waals surface area contributed by atoms with E-state index >= 15 is 0 Å². The first-order valence-electron chi connectivity index (χ1n) is 11.3. The van der Waals surface area contributed by atoms with E-state index in [4.69, 9.17) is 18.9 Å². The summed E-state index contributed by atoms with van der Waals surface area (Å²) in [5.74, 6) is 0.775. The lowest BCUT2D eigenvalue weighted by Crippen LogP contribution is -2.12. The molecule has 8 nitrogen and oxygen atoms in total. The number of methoxy groups -OCH3 is 3. The summed E-state index contributed by atoms with van der Waals surface area (Å²) in [5, 5.41) is 10.9. The fraction of sp³-hybridized carbons (Fsp3) is 0.370. The van der Waals surface area contributed by atoms with Crippen LogP contribution in [0.25, 0.3) is 6.08 Å². The standard InChI is InChI=1S/C27H33NO7/c1-19(2)8-14-22-23(7-6-16-32-3)27(26(34-5)17-25(22)35-18-33-4)24(29)15-11-20-9-12-21(13-10-20)28(30)31/h8-13,15,17H,6-7,14,16,18H2,1-5H3/b15-11+. The number of benzene rings is 2. The first-order chi connectivity index (χ1) is 16.8. The molecule has 2 aromatic rings. The SMILES string of the molecule is COCCCc1c(CC=C(C)C)c(OCOC)cc(OC)c1C(=O)/C=C/c1ccc([N+](=O)[O-])cc1. The number of ether oxygens (including phenoxy) is 4. The summed E-state index contributed by atoms with van der Waals surface area (Å²) >= 11 is 0. The van der Waals surface area contributed by atoms with E-state index in [9.17, 15) is 14.9 Å². The first-order valence-corrected chi connectivity index (χ1v) is 11.3. The van der Waals surface area contributed by atoms with Crippen molar-refractivity contribution in [2.24, 2.45) is 0 Å². The van der Waals surface area contributed by atoms with Gasteiger partial charge in [0.05, 0.1) is 17.6 Å². The Hall–Kier alpha value is -3.49. The molecule has 0 fully saturated rings. The van der Waals surface area contributed by atoms with Gasteiger partial charge in [-0.3, -0.25) is 14.9 Å². The minimum atomic E-state index is -0.461. The highest BCUT2D eigenvalue weighted by molar-refractivity contribution is 6.10. The zero-order valence-electron chi connectivity index (χ0n) is 21.0. The van der Waals surface area contributed by atoms with Gasteiger partial charge in [-0.2, -0.15) is 0 Å². The van der Waals surface area contributed by atoms with E-state index in [-0.39, 0.29) is 18.3 Å². The lowest BCUT2D eigenvalue weighted by atomic mass is 9.90. The van der Waals surface area contributed by atoms with E-state index < -0.39 is 4.92 Å². The number of hydrogen-bond donors (Lipinski definition) is 0. The summed E-state index contributed by atoms with van der Waals surface area (Å²) in [6.07, 6.45) is 7.06. The summed E-state index contributed by atoms with van der Waals surface area (Å²) in [4.78, 5) is 23.9. The molecule has 0 amide bonds. The van der Waals surface area contributed by atoms with Crippen molar-refractivity contribution in [3.8, 4) is 11.5 Å². The molecule has 0 unspecified atom stereocenters. The van der Waals surface area contributed by atoms with Crippen LogP contribution in [0.3, 0.4) is 0 Å². The van der Waals surface area contributed by atoms with Gasteiger partial charge in [0.15, 0.2) is 12.6 Å². The average molecular weight is 484 g/mol. The van der Waals surface area contributed by atoms with Gasteiger partial charge in [0, 0.05) is 44.6 Å². The Balaban J connectivity index is 2.58. The topological polar surface area (TPSA) is 97.1 Å². The van der Waals surface area contributed by atoms with E-state index in [1.165, 1.54) is 25.3 Å². The van der Waals surface area contributed by atoms with Crippen LogP contribution < -0.4 is 9.47 Å². The monoisotopic (exact) mass is 483 g/mol. The van der Waals surface area contributed by atoms with E-state index in [2.05, 4.69) is 6.08 Å². The number of nitro benzene ring substituents is 1. The third-order valence-corrected chi connectivity index (χ3v) is 5.29. The molecule has 0 aromatic heterocycles. The number of nitro groups is 1. The molecule has 0 saturated carbocycles. The molecular formula is C27H33NO7. The zero-order valence-corrected chi connectivity index (χ0v) is 21.0. The van der Waals surface area contributed by atoms with Gasteiger partial charge in [-0.1, -0.05) is 17.7 Å². The van der Waals surface area contributed by atoms with Gasteiger partial charge in [0.25, 0.3) is 5.69 Å². The lowest BCUT2D eigenvalue weighted by molar-refractivity contribution is -0.384. The van der Waals surface area contributed by atoms with Crippen LogP contribution in [-0.4, -0.2) is 45.4 Å². The van der Waals surface area contributed by atoms with Crippen LogP contribution >= 0.6 is 0 Å². The lowest BCUT2D eigenvalue weighted by Gasteiger charge is -2.20. The molecule has 35 heavy (non-hydrogen) atoms. The van der Waals surface area contributed by atoms with Gasteiger partial charge in [-0.15, -0.1) is 0 Å². The predicted molar refractivity (Wildman–Crippen MR) is 135 cm³/mol. The Morgan fingerprint density at radius 3 is 2.31 bits per heavy atom. The highest BCUT2D eigenvalue weighted by Crippen LogP contribution is 2.36. The zero-order chi connectivity index (χ0) is 25.8. The summed E-state index contributed by atoms with van der Waals surface area (Å²) < 4.78 is 21.8. The largest absolute Gasteiger partial charge is 0.496 e. The van der Waals surface area contributed by atoms with Crippen molar-refractivity contribution in [1.29, 1.82) is 0 Å². The predicted octanol–water partition coefficient (Wildman–Crippen LogP) is 5.57. The van der Waals surface area contributed by atoms with Gasteiger partial charge >= 0.3 is 0 Å². The molecule has 0 spiro atoms. The number of carbonyl (C=O) groups is 1. The van der Waals surface area contributed by atoms with E-state index in [1.807, 2.05) is 13.8 Å². The van der Waals surface area contributed by atoms with Crippen LogP contribution in [-0.2, 0) is 22.3 Å². The number of nitrogens with zero attached hydrogens (tertiary/aromatic N) is 1. The quantitative estimate of drug-likeness (QED) is 0.0659. The third kappa shape index (κ3) is 8.05. The van der Waals surface area contributed by atoms with Gasteiger partial charge in [0.1, 0.15) is 11.5 Å². The molecule has 0 bridgehead atoms. The fourth-order valence-corrected chi connectivity index (χ4v) is 3.57. The highest BCUT2D eigenvalue weighted by Gasteiger charge is 2.23. The number of carbonyl (C=O) groups excluding carboxylic acids is 1. The molecule has 0 saturated heterocycles. The molecule has 188 valence electrons. The van der Waals surface area contributed by atoms with Crippen molar-refractivity contribution >= 4 is 17.5 Å². The van der Waals surface area contributed by atoms with Crippen LogP contribution in [0.5, 0.6) is 11.5 Å². The van der Waals surface area contributed by atoms with Crippen molar-refractivity contribution < 1.29 is 28.7 Å². The van der Waals surface area contributed by atoms with Crippen LogP contribution in [0.4, 0.5) is 5.69 Å². The maximum atomic E-state index is 13.5. The molecule has 0 radical (unpaired) electrons. The normalized spacial score (nSPS) is 10.9. The fourth-order valence-electron chi connectivity index (χ4n) is 3.57. The van der Waals surface area contributed by atoms with Gasteiger partial charge < -0.3 is 18.9 Å².